The second-order valence-electron chi connectivity index (χ2n) is 9.32. The third-order valence-electron chi connectivity index (χ3n) is 5.70. The quantitative estimate of drug-likeness (QED) is 0.655. The van der Waals surface area contributed by atoms with Gasteiger partial charge in [-0.05, 0) is 37.1 Å². The van der Waals surface area contributed by atoms with E-state index in [9.17, 15) is 9.59 Å². The van der Waals surface area contributed by atoms with Crippen molar-refractivity contribution in [3.8, 4) is 5.75 Å². The average molecular weight is 435 g/mol. The molecule has 1 fully saturated rings. The molecule has 1 saturated heterocycles. The number of carbonyl (C=O) groups excluding carboxylic acids is 2. The van der Waals surface area contributed by atoms with E-state index in [2.05, 4.69) is 10.3 Å². The molecule has 0 saturated carbocycles. The number of amides is 2. The molecule has 0 spiro atoms. The van der Waals surface area contributed by atoms with Crippen molar-refractivity contribution in [2.75, 3.05) is 18.4 Å². The van der Waals surface area contributed by atoms with Crippen molar-refractivity contribution < 1.29 is 14.3 Å². The maximum atomic E-state index is 12.8. The third-order valence-corrected chi connectivity index (χ3v) is 5.70. The maximum Gasteiger partial charge on any atom is 0.227 e. The van der Waals surface area contributed by atoms with E-state index in [4.69, 9.17) is 4.74 Å². The highest BCUT2D eigenvalue weighted by atomic mass is 16.5. The van der Waals surface area contributed by atoms with Crippen LogP contribution in [0.15, 0.2) is 54.9 Å². The van der Waals surface area contributed by atoms with E-state index in [0.717, 1.165) is 11.3 Å². The SMILES string of the molecule is CC(C)(C)C(=O)N1CCC(C(=O)Nc2cccc(OCc3cn4ccccc4n3)c2)CC1. The Balaban J connectivity index is 1.31. The molecule has 0 unspecified atom stereocenters. The number of carbonyl (C=O) groups is 2. The molecule has 2 aromatic heterocycles. The fourth-order valence-electron chi connectivity index (χ4n) is 3.94. The summed E-state index contributed by atoms with van der Waals surface area (Å²) >= 11 is 0. The summed E-state index contributed by atoms with van der Waals surface area (Å²) in [4.78, 5) is 31.6. The lowest BCUT2D eigenvalue weighted by atomic mass is 9.90. The first-order valence-electron chi connectivity index (χ1n) is 11.1. The Morgan fingerprint density at radius 2 is 1.91 bits per heavy atom. The van der Waals surface area contributed by atoms with E-state index in [1.807, 2.05) is 84.9 Å². The van der Waals surface area contributed by atoms with Crippen LogP contribution in [0.4, 0.5) is 5.69 Å². The summed E-state index contributed by atoms with van der Waals surface area (Å²) in [6.45, 7) is 7.38. The minimum Gasteiger partial charge on any atom is -0.487 e. The van der Waals surface area contributed by atoms with Gasteiger partial charge in [0.1, 0.15) is 18.0 Å². The molecule has 1 aromatic carbocycles. The first-order chi connectivity index (χ1) is 15.3. The predicted molar refractivity (Wildman–Crippen MR) is 123 cm³/mol. The molecule has 168 valence electrons. The van der Waals surface area contributed by atoms with E-state index < -0.39 is 5.41 Å². The summed E-state index contributed by atoms with van der Waals surface area (Å²) < 4.78 is 7.84. The zero-order valence-electron chi connectivity index (χ0n) is 18.9. The highest BCUT2D eigenvalue weighted by Gasteiger charge is 2.32. The summed E-state index contributed by atoms with van der Waals surface area (Å²) in [6.07, 6.45) is 5.25. The normalized spacial score (nSPS) is 15.0. The number of ether oxygens (including phenoxy) is 1. The summed E-state index contributed by atoms with van der Waals surface area (Å²) in [5.41, 5.74) is 2.03. The number of nitrogens with one attached hydrogen (secondary N) is 1. The Kier molecular flexibility index (Phi) is 6.17. The molecule has 7 heteroatoms. The molecule has 1 N–H and O–H groups in total. The Labute approximate surface area is 188 Å². The fourth-order valence-corrected chi connectivity index (χ4v) is 3.94. The molecule has 32 heavy (non-hydrogen) atoms. The molecule has 0 radical (unpaired) electrons. The van der Waals surface area contributed by atoms with Gasteiger partial charge >= 0.3 is 0 Å². The van der Waals surface area contributed by atoms with Gasteiger partial charge in [0.15, 0.2) is 0 Å². The standard InChI is InChI=1S/C25H30N4O3/c1-25(2,3)24(31)28-13-10-18(11-14-28)23(30)27-19-7-6-8-21(15-19)32-17-20-16-29-12-5-4-9-22(29)26-20/h4-9,12,15-16,18H,10-11,13-14,17H2,1-3H3,(H,27,30). The number of piperidine rings is 1. The first kappa shape index (κ1) is 21.9. The van der Waals surface area contributed by atoms with Crippen LogP contribution in [-0.2, 0) is 16.2 Å². The molecule has 3 heterocycles. The molecule has 1 aliphatic rings. The minimum atomic E-state index is -0.390. The second kappa shape index (κ2) is 9.02. The van der Waals surface area contributed by atoms with Gasteiger partial charge in [-0.25, -0.2) is 4.98 Å². The van der Waals surface area contributed by atoms with Gasteiger partial charge in [0.2, 0.25) is 11.8 Å². The van der Waals surface area contributed by atoms with Gasteiger partial charge in [0, 0.05) is 48.6 Å². The van der Waals surface area contributed by atoms with Gasteiger partial charge in [-0.3, -0.25) is 9.59 Å². The first-order valence-corrected chi connectivity index (χ1v) is 11.1. The largest absolute Gasteiger partial charge is 0.487 e. The Morgan fingerprint density at radius 1 is 1.12 bits per heavy atom. The lowest BCUT2D eigenvalue weighted by molar-refractivity contribution is -0.142. The average Bonchev–Trinajstić information content (AvgIpc) is 3.20. The molecule has 0 bridgehead atoms. The topological polar surface area (TPSA) is 75.9 Å². The van der Waals surface area contributed by atoms with Gasteiger partial charge in [-0.2, -0.15) is 0 Å². The van der Waals surface area contributed by atoms with E-state index in [1.165, 1.54) is 0 Å². The monoisotopic (exact) mass is 434 g/mol. The van der Waals surface area contributed by atoms with Crippen molar-refractivity contribution in [3.63, 3.8) is 0 Å². The minimum absolute atomic E-state index is 0.00893. The van der Waals surface area contributed by atoms with E-state index >= 15 is 0 Å². The molecular formula is C25H30N4O3. The smallest absolute Gasteiger partial charge is 0.227 e. The molecule has 1 aliphatic heterocycles. The zero-order chi connectivity index (χ0) is 22.7. The van der Waals surface area contributed by atoms with Crippen molar-refractivity contribution in [2.45, 2.75) is 40.2 Å². The number of pyridine rings is 1. The fraction of sp³-hybridized carbons (Fsp3) is 0.400. The number of hydrogen-bond donors (Lipinski definition) is 1. The van der Waals surface area contributed by atoms with Gasteiger partial charge in [-0.15, -0.1) is 0 Å². The van der Waals surface area contributed by atoms with Crippen LogP contribution in [0.25, 0.3) is 5.65 Å². The van der Waals surface area contributed by atoms with E-state index in [0.29, 0.717) is 44.0 Å². The number of nitrogens with zero attached hydrogens (tertiary/aromatic N) is 3. The number of anilines is 1. The molecular weight excluding hydrogens is 404 g/mol. The molecule has 0 aliphatic carbocycles. The molecule has 7 nitrogen and oxygen atoms in total. The zero-order valence-corrected chi connectivity index (χ0v) is 18.9. The van der Waals surface area contributed by atoms with Crippen molar-refractivity contribution in [3.05, 3.63) is 60.6 Å². The molecule has 2 amide bonds. The van der Waals surface area contributed by atoms with Crippen LogP contribution in [-0.4, -0.2) is 39.2 Å². The van der Waals surface area contributed by atoms with Crippen LogP contribution < -0.4 is 10.1 Å². The van der Waals surface area contributed by atoms with Gasteiger partial charge in [0.25, 0.3) is 0 Å². The summed E-state index contributed by atoms with van der Waals surface area (Å²) in [6, 6.07) is 13.3. The van der Waals surface area contributed by atoms with Crippen molar-refractivity contribution in [1.82, 2.24) is 14.3 Å². The van der Waals surface area contributed by atoms with Crippen LogP contribution in [0.3, 0.4) is 0 Å². The third kappa shape index (κ3) is 5.10. The van der Waals surface area contributed by atoms with Gasteiger partial charge in [0.05, 0.1) is 5.69 Å². The van der Waals surface area contributed by atoms with Crippen LogP contribution in [0.1, 0.15) is 39.3 Å². The number of rotatable bonds is 5. The lowest BCUT2D eigenvalue weighted by Crippen LogP contribution is -2.45. The van der Waals surface area contributed by atoms with Crippen LogP contribution >= 0.6 is 0 Å². The predicted octanol–water partition coefficient (Wildman–Crippen LogP) is 4.14. The van der Waals surface area contributed by atoms with Crippen LogP contribution in [0.5, 0.6) is 5.75 Å². The number of likely N-dealkylation sites (tertiary alicyclic amines) is 1. The molecule has 4 rings (SSSR count). The number of benzene rings is 1. The molecule has 0 atom stereocenters. The van der Waals surface area contributed by atoms with Crippen molar-refractivity contribution >= 4 is 23.1 Å². The Morgan fingerprint density at radius 3 is 2.62 bits per heavy atom. The summed E-state index contributed by atoms with van der Waals surface area (Å²) in [7, 11) is 0. The number of fused-ring (bicyclic) bond motifs is 1. The lowest BCUT2D eigenvalue weighted by Gasteiger charge is -2.35. The highest BCUT2D eigenvalue weighted by molar-refractivity contribution is 5.93. The summed E-state index contributed by atoms with van der Waals surface area (Å²) in [5, 5.41) is 3.00. The van der Waals surface area contributed by atoms with E-state index in [1.54, 1.807) is 0 Å². The summed E-state index contributed by atoms with van der Waals surface area (Å²) in [5.74, 6) is 0.712. The van der Waals surface area contributed by atoms with E-state index in [-0.39, 0.29) is 17.7 Å². The van der Waals surface area contributed by atoms with Gasteiger partial charge < -0.3 is 19.4 Å². The number of aromatic nitrogens is 2. The van der Waals surface area contributed by atoms with Crippen molar-refractivity contribution in [2.24, 2.45) is 11.3 Å². The van der Waals surface area contributed by atoms with Gasteiger partial charge in [-0.1, -0.05) is 32.9 Å². The maximum absolute atomic E-state index is 12.8. The second-order valence-corrected chi connectivity index (χ2v) is 9.32. The van der Waals surface area contributed by atoms with Crippen molar-refractivity contribution in [1.29, 1.82) is 0 Å². The Bertz CT molecular complexity index is 1070. The molecule has 3 aromatic rings. The Hall–Kier alpha value is -3.35. The number of imidazole rings is 1. The van der Waals surface area contributed by atoms with Crippen LogP contribution in [0, 0.1) is 11.3 Å². The number of hydrogen-bond acceptors (Lipinski definition) is 4. The van der Waals surface area contributed by atoms with Crippen LogP contribution in [0.2, 0.25) is 0 Å². The highest BCUT2D eigenvalue weighted by Crippen LogP contribution is 2.25.